The molecule has 0 unspecified atom stereocenters. The number of esters is 1. The molecule has 13 heteroatoms. The number of aliphatic hydroxyl groups excluding tert-OH is 2. The Kier molecular flexibility index (Phi) is 17.1. The Hall–Kier alpha value is -2.78. The SMILES string of the molecule is C=CC[C@@H]1/C=C(\C)C[C@H](C)C[C@H](OC)[C@@]2(C)O[C@@](O)(C(=O)C(=O)N3CCCC[C@H]3C(=O)O[C@H](/C(C)=C/[C@@H]3CC[C@@H](O)[C@H](OC)C3)[C@H](C)[C@@H](O)CC1=O)[C@H](C)C[C@@H]2OC. The molecule has 4 rings (SSSR count). The summed E-state index contributed by atoms with van der Waals surface area (Å²) in [5.41, 5.74) is 0.238. The third-order valence-corrected chi connectivity index (χ3v) is 13.4. The molecule has 4 aliphatic rings. The van der Waals surface area contributed by atoms with Crippen molar-refractivity contribution in [2.45, 2.75) is 166 Å². The summed E-state index contributed by atoms with van der Waals surface area (Å²) >= 11 is 0. The molecular formula is C45H71NO12. The van der Waals surface area contributed by atoms with E-state index in [-0.39, 0.29) is 49.5 Å². The fraction of sp³-hybridized carbons (Fsp3) is 0.778. The Morgan fingerprint density at radius 3 is 2.26 bits per heavy atom. The van der Waals surface area contributed by atoms with Crippen molar-refractivity contribution in [3.63, 3.8) is 0 Å². The summed E-state index contributed by atoms with van der Waals surface area (Å²) in [6, 6.07) is -1.15. The van der Waals surface area contributed by atoms with Crippen molar-refractivity contribution in [2.75, 3.05) is 27.9 Å². The van der Waals surface area contributed by atoms with Crippen LogP contribution >= 0.6 is 0 Å². The van der Waals surface area contributed by atoms with Gasteiger partial charge in [0.1, 0.15) is 23.5 Å². The van der Waals surface area contributed by atoms with Gasteiger partial charge in [-0.15, -0.1) is 6.58 Å². The first kappa shape index (κ1) is 47.9. The van der Waals surface area contributed by atoms with Crippen molar-refractivity contribution in [1.82, 2.24) is 4.90 Å². The summed E-state index contributed by atoms with van der Waals surface area (Å²) in [5.74, 6) is -7.87. The van der Waals surface area contributed by atoms with Gasteiger partial charge in [-0.25, -0.2) is 4.79 Å². The number of carbonyl (C=O) groups excluding carboxylic acids is 4. The van der Waals surface area contributed by atoms with Crippen LogP contribution in [0, 0.1) is 29.6 Å². The van der Waals surface area contributed by atoms with Crippen LogP contribution in [-0.4, -0.2) is 126 Å². The van der Waals surface area contributed by atoms with Crippen LogP contribution in [0.2, 0.25) is 0 Å². The highest BCUT2D eigenvalue weighted by atomic mass is 16.7. The molecule has 0 radical (unpaired) electrons. The number of hydrogen-bond donors (Lipinski definition) is 3. The Balaban J connectivity index is 1.80. The quantitative estimate of drug-likeness (QED) is 0.178. The van der Waals surface area contributed by atoms with E-state index in [9.17, 15) is 34.5 Å². The van der Waals surface area contributed by atoms with E-state index in [4.69, 9.17) is 23.7 Å². The number of nitrogens with zero attached hydrogens (tertiary/aromatic N) is 1. The van der Waals surface area contributed by atoms with Crippen LogP contribution in [0.5, 0.6) is 0 Å². The number of fused-ring (bicyclic) bond motifs is 3. The molecule has 1 saturated carbocycles. The summed E-state index contributed by atoms with van der Waals surface area (Å²) in [6.07, 6.45) is 5.64. The highest BCUT2D eigenvalue weighted by Crippen LogP contribution is 2.45. The van der Waals surface area contributed by atoms with E-state index < -0.39 is 83.4 Å². The molecule has 13 nitrogen and oxygen atoms in total. The highest BCUT2D eigenvalue weighted by molar-refractivity contribution is 6.39. The van der Waals surface area contributed by atoms with Gasteiger partial charge in [-0.05, 0) is 102 Å². The number of allylic oxidation sites excluding steroid dienone is 4. The average Bonchev–Trinajstić information content (AvgIpc) is 3.19. The number of cyclic esters (lactones) is 1. The Morgan fingerprint density at radius 1 is 0.948 bits per heavy atom. The monoisotopic (exact) mass is 817 g/mol. The molecular weight excluding hydrogens is 746 g/mol. The zero-order chi connectivity index (χ0) is 43.1. The van der Waals surface area contributed by atoms with Crippen molar-refractivity contribution in [1.29, 1.82) is 0 Å². The molecule has 14 atom stereocenters. The fourth-order valence-electron chi connectivity index (χ4n) is 9.82. The first-order chi connectivity index (χ1) is 27.3. The standard InChI is InChI=1S/C45H71NO12/c1-11-14-32-20-26(2)19-27(3)21-38(55-9)44(7)39(56-10)23-29(5)45(53,58-44)41(50)42(51)46-18-13-12-15-33(46)43(52)57-40(30(6)35(48)25-36(32)49)28(4)22-31-16-17-34(47)37(24-31)54-8/h11,20,22,27,29-35,37-40,47-48,53H,1,12-19,21,23-25H2,2-10H3/b26-20+,28-22+/t27-,29+,30+,31-,32+,33-,34+,35-,37+,38-,39-,40+,44+,45+/m0/s1. The second-order valence-corrected chi connectivity index (χ2v) is 17.9. The predicted octanol–water partition coefficient (Wildman–Crippen LogP) is 5.03. The average molecular weight is 818 g/mol. The largest absolute Gasteiger partial charge is 0.456 e. The van der Waals surface area contributed by atoms with E-state index in [1.807, 2.05) is 32.9 Å². The lowest BCUT2D eigenvalue weighted by molar-refractivity contribution is -0.339. The molecule has 2 bridgehead atoms. The van der Waals surface area contributed by atoms with Gasteiger partial charge in [-0.1, -0.05) is 44.6 Å². The van der Waals surface area contributed by atoms with E-state index in [0.717, 1.165) is 5.57 Å². The van der Waals surface area contributed by atoms with Crippen LogP contribution in [0.3, 0.4) is 0 Å². The Labute approximate surface area is 345 Å². The van der Waals surface area contributed by atoms with Gasteiger partial charge in [-0.3, -0.25) is 14.4 Å². The second-order valence-electron chi connectivity index (χ2n) is 17.9. The van der Waals surface area contributed by atoms with Crippen LogP contribution in [-0.2, 0) is 42.9 Å². The first-order valence-corrected chi connectivity index (χ1v) is 21.3. The maximum Gasteiger partial charge on any atom is 0.329 e. The summed E-state index contributed by atoms with van der Waals surface area (Å²) in [7, 11) is 4.62. The lowest BCUT2D eigenvalue weighted by Crippen LogP contribution is -2.69. The molecule has 2 saturated heterocycles. The van der Waals surface area contributed by atoms with Crippen LogP contribution in [0.4, 0.5) is 0 Å². The number of methoxy groups -OCH3 is 3. The van der Waals surface area contributed by atoms with E-state index >= 15 is 0 Å². The summed E-state index contributed by atoms with van der Waals surface area (Å²) in [4.78, 5) is 58.2. The molecule has 58 heavy (non-hydrogen) atoms. The van der Waals surface area contributed by atoms with Gasteiger partial charge in [-0.2, -0.15) is 0 Å². The minimum Gasteiger partial charge on any atom is -0.456 e. The topological polar surface area (TPSA) is 178 Å². The third-order valence-electron chi connectivity index (χ3n) is 13.4. The van der Waals surface area contributed by atoms with Gasteiger partial charge < -0.3 is 43.9 Å². The molecule has 0 spiro atoms. The van der Waals surface area contributed by atoms with Gasteiger partial charge in [0.2, 0.25) is 5.79 Å². The second kappa shape index (κ2) is 20.7. The number of piperidine rings is 1. The van der Waals surface area contributed by atoms with Crippen molar-refractivity contribution >= 4 is 23.4 Å². The lowest BCUT2D eigenvalue weighted by atomic mass is 9.75. The molecule has 1 amide bonds. The summed E-state index contributed by atoms with van der Waals surface area (Å²) < 4.78 is 30.2. The van der Waals surface area contributed by atoms with Crippen LogP contribution < -0.4 is 0 Å². The van der Waals surface area contributed by atoms with E-state index in [1.165, 1.54) is 19.1 Å². The van der Waals surface area contributed by atoms with Gasteiger partial charge in [0.05, 0.1) is 30.5 Å². The molecule has 1 aliphatic carbocycles. The fourth-order valence-corrected chi connectivity index (χ4v) is 9.82. The molecule has 3 N–H and O–H groups in total. The van der Waals surface area contributed by atoms with Crippen LogP contribution in [0.15, 0.2) is 36.0 Å². The predicted molar refractivity (Wildman–Crippen MR) is 217 cm³/mol. The van der Waals surface area contributed by atoms with Crippen molar-refractivity contribution in [3.8, 4) is 0 Å². The number of ether oxygens (including phenoxy) is 5. The molecule has 0 aromatic rings. The zero-order valence-corrected chi connectivity index (χ0v) is 36.3. The van der Waals surface area contributed by atoms with Crippen molar-refractivity contribution < 1.29 is 58.2 Å². The number of carbonyl (C=O) groups is 4. The zero-order valence-electron chi connectivity index (χ0n) is 36.3. The highest BCUT2D eigenvalue weighted by Gasteiger charge is 2.61. The number of ketones is 2. The van der Waals surface area contributed by atoms with E-state index in [2.05, 4.69) is 6.58 Å². The number of aliphatic hydroxyl groups is 3. The molecule has 0 aromatic carbocycles. The van der Waals surface area contributed by atoms with Gasteiger partial charge >= 0.3 is 5.97 Å². The third kappa shape index (κ3) is 10.7. The molecule has 0 aromatic heterocycles. The van der Waals surface area contributed by atoms with Gasteiger partial charge in [0.15, 0.2) is 0 Å². The first-order valence-electron chi connectivity index (χ1n) is 21.3. The van der Waals surface area contributed by atoms with Gasteiger partial charge in [0.25, 0.3) is 11.7 Å². The molecule has 3 aliphatic heterocycles. The van der Waals surface area contributed by atoms with E-state index in [1.54, 1.807) is 34.0 Å². The maximum absolute atomic E-state index is 14.4. The number of hydrogen-bond acceptors (Lipinski definition) is 12. The van der Waals surface area contributed by atoms with Crippen molar-refractivity contribution in [2.24, 2.45) is 29.6 Å². The Bertz CT molecular complexity index is 1530. The van der Waals surface area contributed by atoms with Crippen LogP contribution in [0.25, 0.3) is 0 Å². The summed E-state index contributed by atoms with van der Waals surface area (Å²) in [5, 5.41) is 34.3. The van der Waals surface area contributed by atoms with Crippen LogP contribution in [0.1, 0.15) is 112 Å². The van der Waals surface area contributed by atoms with E-state index in [0.29, 0.717) is 56.9 Å². The molecule has 328 valence electrons. The lowest BCUT2D eigenvalue weighted by Gasteiger charge is -2.53. The Morgan fingerprint density at radius 2 is 1.62 bits per heavy atom. The normalized spacial score (nSPS) is 41.8. The minimum atomic E-state index is -2.55. The number of amides is 1. The molecule has 3 fully saturated rings. The number of rotatable bonds is 7. The minimum absolute atomic E-state index is 0.0116. The number of Topliss-reactive ketones (excluding diaryl/α,β-unsaturated/α-hetero) is 2. The molecule has 3 heterocycles. The van der Waals surface area contributed by atoms with Crippen molar-refractivity contribution in [3.05, 3.63) is 36.0 Å². The smallest absolute Gasteiger partial charge is 0.329 e. The summed E-state index contributed by atoms with van der Waals surface area (Å²) in [6.45, 7) is 14.9. The maximum atomic E-state index is 14.4. The van der Waals surface area contributed by atoms with Gasteiger partial charge in [0, 0.05) is 52.0 Å².